The van der Waals surface area contributed by atoms with Gasteiger partial charge < -0.3 is 10.4 Å². The number of carbonyl (C=O) groups is 1. The zero-order valence-corrected chi connectivity index (χ0v) is 15.6. The quantitative estimate of drug-likeness (QED) is 0.689. The number of amides is 1. The van der Waals surface area contributed by atoms with Crippen molar-refractivity contribution in [1.29, 1.82) is 0 Å². The number of aliphatic hydroxyl groups excluding tert-OH is 1. The molecule has 0 spiro atoms. The first-order valence-electron chi connectivity index (χ1n) is 9.07. The molecule has 138 valence electrons. The first kappa shape index (κ1) is 17.8. The Balaban J connectivity index is 1.43. The van der Waals surface area contributed by atoms with Crippen molar-refractivity contribution in [2.75, 3.05) is 0 Å². The Morgan fingerprint density at radius 2 is 1.96 bits per heavy atom. The average molecular weight is 379 g/mol. The second-order valence-electron chi connectivity index (χ2n) is 6.87. The van der Waals surface area contributed by atoms with Gasteiger partial charge in [-0.1, -0.05) is 36.4 Å². The van der Waals surface area contributed by atoms with Gasteiger partial charge in [-0.05, 0) is 30.9 Å². The number of pyridine rings is 1. The van der Waals surface area contributed by atoms with E-state index < -0.39 is 0 Å². The molecular formula is C21H21N3O2S. The minimum atomic E-state index is -0.273. The average Bonchev–Trinajstić information content (AvgIpc) is 3.14. The topological polar surface area (TPSA) is 75.1 Å². The Morgan fingerprint density at radius 3 is 2.67 bits per heavy atom. The summed E-state index contributed by atoms with van der Waals surface area (Å²) in [5, 5.41) is 15.6. The van der Waals surface area contributed by atoms with Gasteiger partial charge in [0.2, 0.25) is 5.91 Å². The maximum Gasteiger partial charge on any atom is 0.226 e. The molecule has 0 unspecified atom stereocenters. The zero-order chi connectivity index (χ0) is 18.6. The molecule has 2 N–H and O–H groups in total. The summed E-state index contributed by atoms with van der Waals surface area (Å²) in [7, 11) is 0. The number of rotatable bonds is 6. The number of benzene rings is 1. The molecule has 0 bridgehead atoms. The maximum atomic E-state index is 12.6. The zero-order valence-electron chi connectivity index (χ0n) is 14.8. The first-order valence-corrected chi connectivity index (χ1v) is 9.95. The van der Waals surface area contributed by atoms with E-state index >= 15 is 0 Å². The second-order valence-corrected chi connectivity index (χ2v) is 7.73. The summed E-state index contributed by atoms with van der Waals surface area (Å²) in [5.74, 6) is 0.145. The lowest BCUT2D eigenvalue weighted by Gasteiger charge is -2.37. The number of hydrogen-bond donors (Lipinski definition) is 2. The van der Waals surface area contributed by atoms with Gasteiger partial charge in [0.15, 0.2) is 0 Å². The van der Waals surface area contributed by atoms with Crippen molar-refractivity contribution in [2.24, 2.45) is 5.92 Å². The van der Waals surface area contributed by atoms with Gasteiger partial charge in [-0.25, -0.2) is 4.98 Å². The van der Waals surface area contributed by atoms with Crippen LogP contribution in [0.15, 0.2) is 60.1 Å². The summed E-state index contributed by atoms with van der Waals surface area (Å²) in [6.07, 6.45) is 3.08. The van der Waals surface area contributed by atoms with E-state index in [2.05, 4.69) is 15.3 Å². The van der Waals surface area contributed by atoms with E-state index in [0.717, 1.165) is 22.0 Å². The number of carbonyl (C=O) groups excluding carboxylic acids is 1. The number of hydrogen-bond acceptors (Lipinski definition) is 5. The molecule has 6 heteroatoms. The highest BCUT2D eigenvalue weighted by atomic mass is 32.1. The fraction of sp³-hybridized carbons (Fsp3) is 0.286. The van der Waals surface area contributed by atoms with Crippen LogP contribution in [-0.4, -0.2) is 27.1 Å². The standard InChI is InChI=1S/C21H21N3O2S/c25-17-10-15(11-17)20(18-8-4-5-9-22-18)24-19(26)12-16-13-27-21(23-16)14-6-2-1-3-7-14/h1-9,13,15,17,20,25H,10-12H2,(H,24,26)/t15?,17?,20-/m0/s1. The third-order valence-corrected chi connectivity index (χ3v) is 5.80. The summed E-state index contributed by atoms with van der Waals surface area (Å²) in [5.41, 5.74) is 2.67. The largest absolute Gasteiger partial charge is 0.393 e. The molecular weight excluding hydrogens is 358 g/mol. The Hall–Kier alpha value is -2.57. The van der Waals surface area contributed by atoms with E-state index in [1.54, 1.807) is 17.5 Å². The predicted molar refractivity (Wildman–Crippen MR) is 105 cm³/mol. The van der Waals surface area contributed by atoms with Gasteiger partial charge >= 0.3 is 0 Å². The van der Waals surface area contributed by atoms with Gasteiger partial charge in [0.25, 0.3) is 0 Å². The van der Waals surface area contributed by atoms with Gasteiger partial charge in [0.1, 0.15) is 5.01 Å². The summed E-state index contributed by atoms with van der Waals surface area (Å²) >= 11 is 1.55. The monoisotopic (exact) mass is 379 g/mol. The fourth-order valence-corrected chi connectivity index (χ4v) is 4.21. The van der Waals surface area contributed by atoms with E-state index in [1.807, 2.05) is 53.9 Å². The number of nitrogens with one attached hydrogen (secondary N) is 1. The minimum absolute atomic E-state index is 0.0723. The van der Waals surface area contributed by atoms with Gasteiger partial charge in [-0.15, -0.1) is 11.3 Å². The van der Waals surface area contributed by atoms with Crippen molar-refractivity contribution >= 4 is 17.2 Å². The molecule has 1 fully saturated rings. The summed E-state index contributed by atoms with van der Waals surface area (Å²) in [6.45, 7) is 0. The van der Waals surface area contributed by atoms with E-state index in [9.17, 15) is 9.90 Å². The van der Waals surface area contributed by atoms with Gasteiger partial charge in [0, 0.05) is 17.1 Å². The lowest BCUT2D eigenvalue weighted by atomic mass is 9.76. The fourth-order valence-electron chi connectivity index (χ4n) is 3.39. The maximum absolute atomic E-state index is 12.6. The van der Waals surface area contributed by atoms with Crippen LogP contribution in [0.2, 0.25) is 0 Å². The number of aliphatic hydroxyl groups is 1. The van der Waals surface area contributed by atoms with Crippen LogP contribution in [0.25, 0.3) is 10.6 Å². The second kappa shape index (κ2) is 7.98. The minimum Gasteiger partial charge on any atom is -0.393 e. The van der Waals surface area contributed by atoms with Crippen LogP contribution in [0.3, 0.4) is 0 Å². The van der Waals surface area contributed by atoms with Crippen molar-refractivity contribution in [3.63, 3.8) is 0 Å². The van der Waals surface area contributed by atoms with Crippen LogP contribution in [0.4, 0.5) is 0 Å². The Morgan fingerprint density at radius 1 is 1.19 bits per heavy atom. The van der Waals surface area contributed by atoms with E-state index in [1.165, 1.54) is 0 Å². The molecule has 3 aromatic rings. The Labute approximate surface area is 162 Å². The van der Waals surface area contributed by atoms with Crippen LogP contribution in [0.5, 0.6) is 0 Å². The summed E-state index contributed by atoms with van der Waals surface area (Å²) < 4.78 is 0. The van der Waals surface area contributed by atoms with Crippen LogP contribution in [-0.2, 0) is 11.2 Å². The molecule has 0 radical (unpaired) electrons. The van der Waals surface area contributed by atoms with Gasteiger partial charge in [0.05, 0.1) is 30.0 Å². The predicted octanol–water partition coefficient (Wildman–Crippen LogP) is 3.38. The van der Waals surface area contributed by atoms with Crippen LogP contribution in [0.1, 0.15) is 30.3 Å². The molecule has 0 saturated heterocycles. The van der Waals surface area contributed by atoms with Crippen molar-refractivity contribution in [3.05, 3.63) is 71.5 Å². The van der Waals surface area contributed by atoms with Crippen LogP contribution < -0.4 is 5.32 Å². The van der Waals surface area contributed by atoms with Crippen molar-refractivity contribution in [3.8, 4) is 10.6 Å². The van der Waals surface area contributed by atoms with Crippen molar-refractivity contribution in [1.82, 2.24) is 15.3 Å². The van der Waals surface area contributed by atoms with Crippen molar-refractivity contribution in [2.45, 2.75) is 31.4 Å². The molecule has 0 aliphatic heterocycles. The number of nitrogens with zero attached hydrogens (tertiary/aromatic N) is 2. The third kappa shape index (κ3) is 4.23. The Kier molecular flexibility index (Phi) is 5.27. The number of aromatic nitrogens is 2. The molecule has 1 aromatic carbocycles. The molecule has 2 heterocycles. The van der Waals surface area contributed by atoms with Gasteiger partial charge in [-0.2, -0.15) is 0 Å². The van der Waals surface area contributed by atoms with E-state index in [4.69, 9.17) is 0 Å². The van der Waals surface area contributed by atoms with E-state index in [-0.39, 0.29) is 30.4 Å². The normalized spacial score (nSPS) is 19.9. The highest BCUT2D eigenvalue weighted by Gasteiger charge is 2.36. The lowest BCUT2D eigenvalue weighted by molar-refractivity contribution is -0.122. The molecule has 27 heavy (non-hydrogen) atoms. The smallest absolute Gasteiger partial charge is 0.226 e. The van der Waals surface area contributed by atoms with Crippen LogP contribution in [0, 0.1) is 5.92 Å². The molecule has 1 aliphatic rings. The van der Waals surface area contributed by atoms with Gasteiger partial charge in [-0.3, -0.25) is 9.78 Å². The Bertz CT molecular complexity index is 892. The highest BCUT2D eigenvalue weighted by molar-refractivity contribution is 7.13. The molecule has 1 saturated carbocycles. The number of thiazole rings is 1. The summed E-state index contributed by atoms with van der Waals surface area (Å²) in [4.78, 5) is 21.6. The molecule has 4 rings (SSSR count). The molecule has 5 nitrogen and oxygen atoms in total. The SMILES string of the molecule is O=C(Cc1csc(-c2ccccc2)n1)N[C@H](c1ccccn1)C1CC(O)C1. The van der Waals surface area contributed by atoms with Crippen LogP contribution >= 0.6 is 11.3 Å². The molecule has 1 aliphatic carbocycles. The molecule has 1 atom stereocenters. The lowest BCUT2D eigenvalue weighted by Crippen LogP contribution is -2.42. The molecule has 1 amide bonds. The highest BCUT2D eigenvalue weighted by Crippen LogP contribution is 2.37. The van der Waals surface area contributed by atoms with E-state index in [0.29, 0.717) is 12.8 Å². The first-order chi connectivity index (χ1) is 13.2. The third-order valence-electron chi connectivity index (χ3n) is 4.86. The molecule has 2 aromatic heterocycles. The van der Waals surface area contributed by atoms with Crippen molar-refractivity contribution < 1.29 is 9.90 Å². The summed E-state index contributed by atoms with van der Waals surface area (Å²) in [6, 6.07) is 15.5.